The number of rotatable bonds is 3. The average Bonchev–Trinajstić information content (AvgIpc) is 3.80. The zero-order valence-electron chi connectivity index (χ0n) is 32.6. The number of hydrogen-bond acceptors (Lipinski definition) is 0. The van der Waals surface area contributed by atoms with Gasteiger partial charge in [0.2, 0.25) is 0 Å². The van der Waals surface area contributed by atoms with Gasteiger partial charge in [-0.15, -0.1) is 0 Å². The van der Waals surface area contributed by atoms with E-state index >= 15 is 0 Å². The van der Waals surface area contributed by atoms with Crippen LogP contribution in [0.2, 0.25) is 0 Å². The molecule has 0 fully saturated rings. The van der Waals surface area contributed by atoms with Crippen LogP contribution in [0.25, 0.3) is 110 Å². The molecule has 9 aromatic carbocycles. The van der Waals surface area contributed by atoms with Crippen molar-refractivity contribution in [3.8, 4) is 44.5 Å². The fourth-order valence-electron chi connectivity index (χ4n) is 10.7. The highest BCUT2D eigenvalue weighted by Crippen LogP contribution is 2.54. The Labute approximate surface area is 331 Å². The van der Waals surface area contributed by atoms with Crippen LogP contribution in [0.5, 0.6) is 0 Å². The number of aromatic nitrogens is 2. The molecule has 0 N–H and O–H groups in total. The van der Waals surface area contributed by atoms with Gasteiger partial charge < -0.3 is 9.13 Å². The Kier molecular flexibility index (Phi) is 6.57. The predicted octanol–water partition coefficient (Wildman–Crippen LogP) is 14.6. The highest BCUT2D eigenvalue weighted by Gasteiger charge is 2.38. The van der Waals surface area contributed by atoms with Crippen LogP contribution < -0.4 is 0 Å². The number of benzene rings is 9. The zero-order valence-corrected chi connectivity index (χ0v) is 32.6. The SMILES string of the molecule is Cn1c2ccccc2c2ccc(-c3cccc4c(-c5cccc6c5C(C)(C)c5ccccc5-6)c5cccc(-c6ccc7c8ccccc8n(C)c7c6)c5cc34)cc21. The molecule has 2 heterocycles. The van der Waals surface area contributed by atoms with Gasteiger partial charge in [-0.1, -0.05) is 153 Å². The first kappa shape index (κ1) is 32.4. The van der Waals surface area contributed by atoms with Crippen LogP contribution in [0.15, 0.2) is 170 Å². The summed E-state index contributed by atoms with van der Waals surface area (Å²) in [6.45, 7) is 4.81. The van der Waals surface area contributed by atoms with Gasteiger partial charge in [0.05, 0.1) is 0 Å². The minimum atomic E-state index is -0.161. The lowest BCUT2D eigenvalue weighted by atomic mass is 9.77. The maximum Gasteiger partial charge on any atom is 0.0494 e. The smallest absolute Gasteiger partial charge is 0.0494 e. The molecule has 0 amide bonds. The van der Waals surface area contributed by atoms with Crippen LogP contribution in [0, 0.1) is 0 Å². The molecule has 2 heteroatoms. The molecule has 12 rings (SSSR count). The van der Waals surface area contributed by atoms with Gasteiger partial charge in [-0.3, -0.25) is 0 Å². The van der Waals surface area contributed by atoms with Gasteiger partial charge >= 0.3 is 0 Å². The first-order valence-electron chi connectivity index (χ1n) is 20.1. The van der Waals surface area contributed by atoms with E-state index in [1.165, 1.54) is 121 Å². The van der Waals surface area contributed by atoms with Crippen LogP contribution in [-0.4, -0.2) is 9.13 Å². The number of para-hydroxylation sites is 2. The Morgan fingerprint density at radius 2 is 0.772 bits per heavy atom. The Hall–Kier alpha value is -6.90. The fraction of sp³-hybridized carbons (Fsp3) is 0.0909. The molecule has 0 spiro atoms. The molecule has 0 radical (unpaired) electrons. The fourth-order valence-corrected chi connectivity index (χ4v) is 10.7. The van der Waals surface area contributed by atoms with Crippen molar-refractivity contribution in [2.45, 2.75) is 19.3 Å². The van der Waals surface area contributed by atoms with E-state index in [-0.39, 0.29) is 5.41 Å². The topological polar surface area (TPSA) is 9.86 Å². The number of nitrogens with zero attached hydrogens (tertiary/aromatic N) is 2. The van der Waals surface area contributed by atoms with Crippen molar-refractivity contribution in [3.63, 3.8) is 0 Å². The lowest BCUT2D eigenvalue weighted by molar-refractivity contribution is 0.662. The summed E-state index contributed by atoms with van der Waals surface area (Å²) in [6.07, 6.45) is 0. The molecule has 1 aliphatic carbocycles. The van der Waals surface area contributed by atoms with Crippen molar-refractivity contribution in [3.05, 3.63) is 181 Å². The largest absolute Gasteiger partial charge is 0.344 e. The third-order valence-electron chi connectivity index (χ3n) is 13.3. The summed E-state index contributed by atoms with van der Waals surface area (Å²) < 4.78 is 4.68. The third kappa shape index (κ3) is 4.36. The molecule has 0 saturated carbocycles. The molecular formula is C55H40N2. The summed E-state index contributed by atoms with van der Waals surface area (Å²) in [6, 6.07) is 63.9. The molecule has 57 heavy (non-hydrogen) atoms. The predicted molar refractivity (Wildman–Crippen MR) is 243 cm³/mol. The number of aryl methyl sites for hydroxylation is 2. The van der Waals surface area contributed by atoms with Crippen molar-refractivity contribution >= 4 is 65.2 Å². The highest BCUT2D eigenvalue weighted by atomic mass is 14.9. The lowest BCUT2D eigenvalue weighted by Crippen LogP contribution is -2.16. The molecular weight excluding hydrogens is 689 g/mol. The first-order valence-corrected chi connectivity index (χ1v) is 20.1. The average molecular weight is 729 g/mol. The monoisotopic (exact) mass is 728 g/mol. The number of hydrogen-bond donors (Lipinski definition) is 0. The molecule has 0 aliphatic heterocycles. The molecule has 0 atom stereocenters. The molecule has 2 aromatic heterocycles. The summed E-state index contributed by atoms with van der Waals surface area (Å²) in [7, 11) is 4.38. The Morgan fingerprint density at radius 3 is 1.37 bits per heavy atom. The van der Waals surface area contributed by atoms with Gasteiger partial charge in [0, 0.05) is 63.1 Å². The van der Waals surface area contributed by atoms with Crippen molar-refractivity contribution in [1.82, 2.24) is 9.13 Å². The quantitative estimate of drug-likeness (QED) is 0.160. The molecule has 270 valence electrons. The van der Waals surface area contributed by atoms with E-state index in [0.29, 0.717) is 0 Å². The van der Waals surface area contributed by atoms with E-state index in [9.17, 15) is 0 Å². The van der Waals surface area contributed by atoms with Crippen LogP contribution >= 0.6 is 0 Å². The molecule has 1 aliphatic rings. The van der Waals surface area contributed by atoms with Gasteiger partial charge in [0.25, 0.3) is 0 Å². The maximum absolute atomic E-state index is 2.49. The van der Waals surface area contributed by atoms with E-state index < -0.39 is 0 Å². The first-order chi connectivity index (χ1) is 27.9. The molecule has 0 saturated heterocycles. The summed E-state index contributed by atoms with van der Waals surface area (Å²) in [5, 5.41) is 10.2. The van der Waals surface area contributed by atoms with E-state index in [4.69, 9.17) is 0 Å². The summed E-state index contributed by atoms with van der Waals surface area (Å²) in [5.41, 5.74) is 17.9. The van der Waals surface area contributed by atoms with Gasteiger partial charge in [-0.05, 0) is 108 Å². The molecule has 0 bridgehead atoms. The summed E-state index contributed by atoms with van der Waals surface area (Å²) in [4.78, 5) is 0. The molecule has 2 nitrogen and oxygen atoms in total. The lowest BCUT2D eigenvalue weighted by Gasteiger charge is -2.26. The number of fused-ring (bicyclic) bond motifs is 11. The van der Waals surface area contributed by atoms with Gasteiger partial charge in [-0.2, -0.15) is 0 Å². The van der Waals surface area contributed by atoms with Gasteiger partial charge in [-0.25, -0.2) is 0 Å². The molecule has 0 unspecified atom stereocenters. The van der Waals surface area contributed by atoms with Crippen molar-refractivity contribution in [2.75, 3.05) is 0 Å². The van der Waals surface area contributed by atoms with Crippen LogP contribution in [0.3, 0.4) is 0 Å². The normalized spacial score (nSPS) is 13.4. The second-order valence-electron chi connectivity index (χ2n) is 16.6. The standard InChI is InChI=1S/C55H40N2/c1-55(2)48-23-8-5-14-37(48)44-21-13-22-45(54(44)55)53-42-19-11-17-35(33-26-28-40-38-15-6-9-24-49(38)56(3)51(40)30-33)46(42)32-47-36(18-12-20-43(47)53)34-27-29-41-39-16-7-10-25-50(39)57(4)52(41)31-34/h5-32H,1-4H3. The minimum absolute atomic E-state index is 0.161. The van der Waals surface area contributed by atoms with Gasteiger partial charge in [0.1, 0.15) is 0 Å². The van der Waals surface area contributed by atoms with Crippen LogP contribution in [-0.2, 0) is 19.5 Å². The van der Waals surface area contributed by atoms with Crippen molar-refractivity contribution in [1.29, 1.82) is 0 Å². The van der Waals surface area contributed by atoms with Crippen molar-refractivity contribution < 1.29 is 0 Å². The van der Waals surface area contributed by atoms with Gasteiger partial charge in [0.15, 0.2) is 0 Å². The Morgan fingerprint density at radius 1 is 0.333 bits per heavy atom. The van der Waals surface area contributed by atoms with E-state index in [1.54, 1.807) is 0 Å². The second-order valence-corrected chi connectivity index (χ2v) is 16.6. The minimum Gasteiger partial charge on any atom is -0.344 e. The zero-order chi connectivity index (χ0) is 38.2. The van der Waals surface area contributed by atoms with E-state index in [2.05, 4.69) is 207 Å². The van der Waals surface area contributed by atoms with Crippen LogP contribution in [0.1, 0.15) is 25.0 Å². The summed E-state index contributed by atoms with van der Waals surface area (Å²) >= 11 is 0. The van der Waals surface area contributed by atoms with E-state index in [0.717, 1.165) is 0 Å². The maximum atomic E-state index is 2.49. The highest BCUT2D eigenvalue weighted by molar-refractivity contribution is 6.21. The Bertz CT molecular complexity index is 3340. The second kappa shape index (κ2) is 11.6. The Balaban J connectivity index is 1.19. The summed E-state index contributed by atoms with van der Waals surface area (Å²) in [5.74, 6) is 0. The van der Waals surface area contributed by atoms with Crippen molar-refractivity contribution in [2.24, 2.45) is 14.1 Å². The van der Waals surface area contributed by atoms with Crippen LogP contribution in [0.4, 0.5) is 0 Å². The molecule has 11 aromatic rings. The third-order valence-corrected chi connectivity index (χ3v) is 13.3. The van der Waals surface area contributed by atoms with E-state index in [1.807, 2.05) is 0 Å².